The number of rotatable bonds is 2. The smallest absolute Gasteiger partial charge is 0.410 e. The molecule has 1 unspecified atom stereocenters. The Bertz CT molecular complexity index is 304. The average Bonchev–Trinajstić information content (AvgIpc) is 2.72. The van der Waals surface area contributed by atoms with Crippen molar-refractivity contribution in [2.24, 2.45) is 5.92 Å². The standard InChI is InChI=1S/C13H23NO3/c1-12(2,3)17-11(15)14-7-4-10(9-14)8-13(16)5-6-13/h10,16H,4-9H2,1-3H3. The first-order chi connectivity index (χ1) is 7.77. The predicted molar refractivity (Wildman–Crippen MR) is 64.7 cm³/mol. The summed E-state index contributed by atoms with van der Waals surface area (Å²) in [6.45, 7) is 7.13. The number of carbonyl (C=O) groups is 1. The Labute approximate surface area is 103 Å². The Morgan fingerprint density at radius 3 is 2.65 bits per heavy atom. The Morgan fingerprint density at radius 1 is 1.47 bits per heavy atom. The van der Waals surface area contributed by atoms with E-state index >= 15 is 0 Å². The molecule has 2 aliphatic rings. The van der Waals surface area contributed by atoms with Crippen LogP contribution in [0.3, 0.4) is 0 Å². The second-order valence-electron chi connectivity index (χ2n) is 6.51. The molecule has 1 amide bonds. The number of hydrogen-bond acceptors (Lipinski definition) is 3. The molecular weight excluding hydrogens is 218 g/mol. The lowest BCUT2D eigenvalue weighted by molar-refractivity contribution is 0.0279. The van der Waals surface area contributed by atoms with Gasteiger partial charge in [-0.15, -0.1) is 0 Å². The van der Waals surface area contributed by atoms with Crippen molar-refractivity contribution in [1.82, 2.24) is 4.90 Å². The summed E-state index contributed by atoms with van der Waals surface area (Å²) in [5.74, 6) is 0.440. The molecule has 1 aliphatic heterocycles. The van der Waals surface area contributed by atoms with Crippen molar-refractivity contribution in [3.05, 3.63) is 0 Å². The van der Waals surface area contributed by atoms with Gasteiger partial charge in [0, 0.05) is 13.1 Å². The highest BCUT2D eigenvalue weighted by Crippen LogP contribution is 2.42. The van der Waals surface area contributed by atoms with Crippen molar-refractivity contribution in [3.8, 4) is 0 Å². The summed E-state index contributed by atoms with van der Waals surface area (Å²) >= 11 is 0. The van der Waals surface area contributed by atoms with Gasteiger partial charge in [0.05, 0.1) is 5.60 Å². The van der Waals surface area contributed by atoms with Crippen LogP contribution in [0.4, 0.5) is 4.79 Å². The zero-order valence-electron chi connectivity index (χ0n) is 11.0. The molecule has 2 rings (SSSR count). The fraction of sp³-hybridized carbons (Fsp3) is 0.923. The second kappa shape index (κ2) is 4.16. The van der Waals surface area contributed by atoms with Gasteiger partial charge in [-0.05, 0) is 52.4 Å². The van der Waals surface area contributed by atoms with E-state index in [2.05, 4.69) is 0 Å². The Balaban J connectivity index is 1.79. The largest absolute Gasteiger partial charge is 0.444 e. The van der Waals surface area contributed by atoms with E-state index in [-0.39, 0.29) is 6.09 Å². The monoisotopic (exact) mass is 241 g/mol. The summed E-state index contributed by atoms with van der Waals surface area (Å²) in [4.78, 5) is 13.6. The first-order valence-electron chi connectivity index (χ1n) is 6.48. The zero-order valence-corrected chi connectivity index (χ0v) is 11.0. The van der Waals surface area contributed by atoms with E-state index in [9.17, 15) is 9.90 Å². The molecule has 0 aromatic heterocycles. The molecule has 0 aromatic rings. The third kappa shape index (κ3) is 3.60. The Kier molecular flexibility index (Phi) is 3.10. The van der Waals surface area contributed by atoms with Crippen molar-refractivity contribution >= 4 is 6.09 Å². The lowest BCUT2D eigenvalue weighted by atomic mass is 10.00. The van der Waals surface area contributed by atoms with E-state index in [1.807, 2.05) is 20.8 Å². The summed E-state index contributed by atoms with van der Waals surface area (Å²) in [5.41, 5.74) is -0.835. The molecule has 4 nitrogen and oxygen atoms in total. The summed E-state index contributed by atoms with van der Waals surface area (Å²) in [5, 5.41) is 9.87. The molecule has 1 saturated carbocycles. The molecule has 0 radical (unpaired) electrons. The van der Waals surface area contributed by atoms with E-state index < -0.39 is 11.2 Å². The molecule has 98 valence electrons. The molecule has 1 atom stereocenters. The van der Waals surface area contributed by atoms with Gasteiger partial charge in [0.1, 0.15) is 5.60 Å². The maximum atomic E-state index is 11.8. The van der Waals surface area contributed by atoms with Gasteiger partial charge < -0.3 is 14.7 Å². The molecule has 1 saturated heterocycles. The predicted octanol–water partition coefficient (Wildman–Crippen LogP) is 2.16. The number of hydrogen-bond donors (Lipinski definition) is 1. The van der Waals surface area contributed by atoms with Crippen LogP contribution in [0.25, 0.3) is 0 Å². The minimum Gasteiger partial charge on any atom is -0.444 e. The van der Waals surface area contributed by atoms with Gasteiger partial charge >= 0.3 is 6.09 Å². The minimum atomic E-state index is -0.427. The SMILES string of the molecule is CC(C)(C)OC(=O)N1CCC(CC2(O)CC2)C1. The van der Waals surface area contributed by atoms with Crippen LogP contribution in [-0.2, 0) is 4.74 Å². The average molecular weight is 241 g/mol. The molecular formula is C13H23NO3. The lowest BCUT2D eigenvalue weighted by Gasteiger charge is -2.24. The molecule has 1 aliphatic carbocycles. The van der Waals surface area contributed by atoms with E-state index in [1.54, 1.807) is 4.90 Å². The zero-order chi connectivity index (χ0) is 12.7. The molecule has 0 aromatic carbocycles. The Hall–Kier alpha value is -0.770. The molecule has 1 heterocycles. The maximum absolute atomic E-state index is 11.8. The van der Waals surface area contributed by atoms with Crippen molar-refractivity contribution in [3.63, 3.8) is 0 Å². The van der Waals surface area contributed by atoms with Crippen LogP contribution in [0.2, 0.25) is 0 Å². The van der Waals surface area contributed by atoms with Gasteiger partial charge in [-0.1, -0.05) is 0 Å². The van der Waals surface area contributed by atoms with Crippen LogP contribution in [0, 0.1) is 5.92 Å². The number of amides is 1. The fourth-order valence-corrected chi connectivity index (χ4v) is 2.38. The third-order valence-electron chi connectivity index (χ3n) is 3.43. The quantitative estimate of drug-likeness (QED) is 0.806. The van der Waals surface area contributed by atoms with Crippen molar-refractivity contribution < 1.29 is 14.6 Å². The second-order valence-corrected chi connectivity index (χ2v) is 6.51. The van der Waals surface area contributed by atoms with Crippen LogP contribution in [0.5, 0.6) is 0 Å². The molecule has 0 bridgehead atoms. The van der Waals surface area contributed by atoms with Crippen molar-refractivity contribution in [1.29, 1.82) is 0 Å². The minimum absolute atomic E-state index is 0.220. The van der Waals surface area contributed by atoms with Gasteiger partial charge in [0.15, 0.2) is 0 Å². The Morgan fingerprint density at radius 2 is 2.12 bits per heavy atom. The fourth-order valence-electron chi connectivity index (χ4n) is 2.38. The number of ether oxygens (including phenoxy) is 1. The van der Waals surface area contributed by atoms with Crippen LogP contribution < -0.4 is 0 Å². The number of aliphatic hydroxyl groups is 1. The van der Waals surface area contributed by atoms with Crippen LogP contribution in [0.15, 0.2) is 0 Å². The molecule has 4 heteroatoms. The summed E-state index contributed by atoms with van der Waals surface area (Å²) in [6, 6.07) is 0. The summed E-state index contributed by atoms with van der Waals surface area (Å²) < 4.78 is 5.34. The first-order valence-corrected chi connectivity index (χ1v) is 6.48. The van der Waals surface area contributed by atoms with Gasteiger partial charge in [-0.3, -0.25) is 0 Å². The lowest BCUT2D eigenvalue weighted by Crippen LogP contribution is -2.35. The van der Waals surface area contributed by atoms with Gasteiger partial charge in [-0.25, -0.2) is 4.79 Å². The van der Waals surface area contributed by atoms with Crippen molar-refractivity contribution in [2.45, 2.75) is 57.7 Å². The van der Waals surface area contributed by atoms with Crippen LogP contribution >= 0.6 is 0 Å². The summed E-state index contributed by atoms with van der Waals surface area (Å²) in [6.07, 6.45) is 3.46. The van der Waals surface area contributed by atoms with Crippen LogP contribution in [0.1, 0.15) is 46.5 Å². The normalized spacial score (nSPS) is 27.1. The molecule has 1 N–H and O–H groups in total. The first kappa shape index (κ1) is 12.7. The van der Waals surface area contributed by atoms with Crippen LogP contribution in [-0.4, -0.2) is 40.4 Å². The van der Waals surface area contributed by atoms with Gasteiger partial charge in [-0.2, -0.15) is 0 Å². The van der Waals surface area contributed by atoms with E-state index in [0.717, 1.165) is 38.8 Å². The highest BCUT2D eigenvalue weighted by atomic mass is 16.6. The van der Waals surface area contributed by atoms with E-state index in [4.69, 9.17) is 4.74 Å². The highest BCUT2D eigenvalue weighted by molar-refractivity contribution is 5.68. The number of likely N-dealkylation sites (tertiary alicyclic amines) is 1. The molecule has 2 fully saturated rings. The highest BCUT2D eigenvalue weighted by Gasteiger charge is 2.43. The number of carbonyl (C=O) groups excluding carboxylic acids is 1. The van der Waals surface area contributed by atoms with E-state index in [0.29, 0.717) is 5.92 Å². The molecule has 0 spiro atoms. The number of nitrogens with zero attached hydrogens (tertiary/aromatic N) is 1. The third-order valence-corrected chi connectivity index (χ3v) is 3.43. The van der Waals surface area contributed by atoms with Gasteiger partial charge in [0.2, 0.25) is 0 Å². The molecule has 17 heavy (non-hydrogen) atoms. The summed E-state index contributed by atoms with van der Waals surface area (Å²) in [7, 11) is 0. The van der Waals surface area contributed by atoms with E-state index in [1.165, 1.54) is 0 Å². The van der Waals surface area contributed by atoms with Crippen molar-refractivity contribution in [2.75, 3.05) is 13.1 Å². The van der Waals surface area contributed by atoms with Gasteiger partial charge in [0.25, 0.3) is 0 Å². The maximum Gasteiger partial charge on any atom is 0.410 e. The topological polar surface area (TPSA) is 49.8 Å².